The van der Waals surface area contributed by atoms with E-state index in [1.54, 1.807) is 0 Å². The molecule has 1 atom stereocenters. The van der Waals surface area contributed by atoms with Gasteiger partial charge in [0.2, 0.25) is 0 Å². The summed E-state index contributed by atoms with van der Waals surface area (Å²) < 4.78 is 0. The van der Waals surface area contributed by atoms with Gasteiger partial charge in [0.1, 0.15) is 0 Å². The summed E-state index contributed by atoms with van der Waals surface area (Å²) in [6.07, 6.45) is 10.4. The van der Waals surface area contributed by atoms with Crippen LogP contribution in [0.2, 0.25) is 10.0 Å². The molecule has 20 heavy (non-hydrogen) atoms. The first-order valence-electron chi connectivity index (χ1n) is 7.81. The zero-order chi connectivity index (χ0) is 14.8. The van der Waals surface area contributed by atoms with E-state index in [1.165, 1.54) is 44.9 Å². The monoisotopic (exact) mass is 315 g/mol. The molecule has 0 aliphatic rings. The van der Waals surface area contributed by atoms with Crippen LogP contribution in [0.15, 0.2) is 18.2 Å². The van der Waals surface area contributed by atoms with E-state index in [4.69, 9.17) is 23.2 Å². The number of halogens is 2. The third-order valence-electron chi connectivity index (χ3n) is 3.79. The van der Waals surface area contributed by atoms with Crippen LogP contribution in [0.5, 0.6) is 0 Å². The quantitative estimate of drug-likeness (QED) is 0.493. The standard InChI is InChI=1S/C17H27Cl2N/c1-3-4-5-6-7-8-9-13-16(20-2)17-14(18)11-10-12-15(17)19/h10-12,16,20H,3-9,13H2,1-2H3. The predicted octanol–water partition coefficient (Wildman–Crippen LogP) is 6.39. The maximum Gasteiger partial charge on any atom is 0.0468 e. The number of benzene rings is 1. The lowest BCUT2D eigenvalue weighted by atomic mass is 9.99. The van der Waals surface area contributed by atoms with Crippen molar-refractivity contribution < 1.29 is 0 Å². The van der Waals surface area contributed by atoms with Gasteiger partial charge in [-0.2, -0.15) is 0 Å². The Morgan fingerprint density at radius 3 is 2.05 bits per heavy atom. The van der Waals surface area contributed by atoms with Crippen molar-refractivity contribution in [3.8, 4) is 0 Å². The second-order valence-electron chi connectivity index (χ2n) is 5.39. The van der Waals surface area contributed by atoms with E-state index in [-0.39, 0.29) is 6.04 Å². The summed E-state index contributed by atoms with van der Waals surface area (Å²) in [5, 5.41) is 4.87. The molecule has 1 rings (SSSR count). The smallest absolute Gasteiger partial charge is 0.0468 e. The fourth-order valence-electron chi connectivity index (χ4n) is 2.58. The summed E-state index contributed by atoms with van der Waals surface area (Å²) in [6, 6.07) is 5.98. The molecule has 1 unspecified atom stereocenters. The van der Waals surface area contributed by atoms with Crippen molar-refractivity contribution in [3.63, 3.8) is 0 Å². The Labute approximate surface area is 134 Å². The minimum atomic E-state index is 0.256. The molecule has 0 aliphatic heterocycles. The maximum atomic E-state index is 6.28. The molecule has 0 radical (unpaired) electrons. The first kappa shape index (κ1) is 17.8. The van der Waals surface area contributed by atoms with Gasteiger partial charge in [-0.3, -0.25) is 0 Å². The van der Waals surface area contributed by atoms with Gasteiger partial charge in [0.15, 0.2) is 0 Å². The van der Waals surface area contributed by atoms with Gasteiger partial charge in [-0.15, -0.1) is 0 Å². The van der Waals surface area contributed by atoms with Gasteiger partial charge in [0.05, 0.1) is 0 Å². The predicted molar refractivity (Wildman–Crippen MR) is 90.9 cm³/mol. The molecular formula is C17H27Cl2N. The van der Waals surface area contributed by atoms with Gasteiger partial charge in [-0.05, 0) is 25.6 Å². The SMILES string of the molecule is CCCCCCCCCC(NC)c1c(Cl)cccc1Cl. The number of nitrogens with one attached hydrogen (secondary N) is 1. The lowest BCUT2D eigenvalue weighted by Crippen LogP contribution is -2.17. The fourth-order valence-corrected chi connectivity index (χ4v) is 3.24. The molecule has 0 saturated heterocycles. The highest BCUT2D eigenvalue weighted by Crippen LogP contribution is 2.32. The van der Waals surface area contributed by atoms with E-state index in [0.717, 1.165) is 22.0 Å². The van der Waals surface area contributed by atoms with E-state index >= 15 is 0 Å². The summed E-state index contributed by atoms with van der Waals surface area (Å²) in [5.41, 5.74) is 1.05. The zero-order valence-corrected chi connectivity index (χ0v) is 14.2. The number of rotatable bonds is 10. The molecule has 0 bridgehead atoms. The largest absolute Gasteiger partial charge is 0.313 e. The van der Waals surface area contributed by atoms with E-state index < -0.39 is 0 Å². The Kier molecular flexibility index (Phi) is 9.33. The molecule has 0 fully saturated rings. The van der Waals surface area contributed by atoms with Crippen molar-refractivity contribution >= 4 is 23.2 Å². The Morgan fingerprint density at radius 2 is 1.50 bits per heavy atom. The lowest BCUT2D eigenvalue weighted by molar-refractivity contribution is 0.496. The van der Waals surface area contributed by atoms with Crippen LogP contribution in [0.25, 0.3) is 0 Å². The maximum absolute atomic E-state index is 6.28. The highest BCUT2D eigenvalue weighted by Gasteiger charge is 2.15. The van der Waals surface area contributed by atoms with Crippen LogP contribution < -0.4 is 5.32 Å². The summed E-state index contributed by atoms with van der Waals surface area (Å²) in [4.78, 5) is 0. The molecule has 114 valence electrons. The lowest BCUT2D eigenvalue weighted by Gasteiger charge is -2.19. The van der Waals surface area contributed by atoms with E-state index in [1.807, 2.05) is 25.2 Å². The summed E-state index contributed by atoms with van der Waals surface area (Å²) in [5.74, 6) is 0. The molecule has 0 spiro atoms. The van der Waals surface area contributed by atoms with Crippen molar-refractivity contribution in [1.29, 1.82) is 0 Å². The van der Waals surface area contributed by atoms with Gasteiger partial charge in [0, 0.05) is 21.7 Å². The Hall–Kier alpha value is -0.240. The zero-order valence-electron chi connectivity index (χ0n) is 12.7. The summed E-state index contributed by atoms with van der Waals surface area (Å²) >= 11 is 12.6. The van der Waals surface area contributed by atoms with Gasteiger partial charge in [0.25, 0.3) is 0 Å². The van der Waals surface area contributed by atoms with Crippen LogP contribution >= 0.6 is 23.2 Å². The van der Waals surface area contributed by atoms with Crippen LogP contribution in [-0.2, 0) is 0 Å². The number of hydrogen-bond acceptors (Lipinski definition) is 1. The van der Waals surface area contributed by atoms with Crippen LogP contribution in [0.1, 0.15) is 69.9 Å². The second-order valence-corrected chi connectivity index (χ2v) is 6.20. The number of hydrogen-bond donors (Lipinski definition) is 1. The Bertz CT molecular complexity index is 359. The minimum Gasteiger partial charge on any atom is -0.313 e. The van der Waals surface area contributed by atoms with Crippen molar-refractivity contribution in [2.45, 2.75) is 64.3 Å². The highest BCUT2D eigenvalue weighted by atomic mass is 35.5. The molecule has 1 aromatic rings. The topological polar surface area (TPSA) is 12.0 Å². The average molecular weight is 316 g/mol. The van der Waals surface area contributed by atoms with Crippen LogP contribution in [0.4, 0.5) is 0 Å². The summed E-state index contributed by atoms with van der Waals surface area (Å²) in [6.45, 7) is 2.25. The molecule has 0 saturated carbocycles. The highest BCUT2D eigenvalue weighted by molar-refractivity contribution is 6.36. The molecule has 3 heteroatoms. The second kappa shape index (κ2) is 10.5. The average Bonchev–Trinajstić information content (AvgIpc) is 2.44. The normalized spacial score (nSPS) is 12.6. The fraction of sp³-hybridized carbons (Fsp3) is 0.647. The molecule has 0 aromatic heterocycles. The molecular weight excluding hydrogens is 289 g/mol. The van der Waals surface area contributed by atoms with E-state index in [0.29, 0.717) is 0 Å². The third kappa shape index (κ3) is 6.03. The van der Waals surface area contributed by atoms with Gasteiger partial charge in [-0.25, -0.2) is 0 Å². The first-order chi connectivity index (χ1) is 9.70. The van der Waals surface area contributed by atoms with E-state index in [2.05, 4.69) is 12.2 Å². The molecule has 0 amide bonds. The van der Waals surface area contributed by atoms with Gasteiger partial charge < -0.3 is 5.32 Å². The van der Waals surface area contributed by atoms with E-state index in [9.17, 15) is 0 Å². The van der Waals surface area contributed by atoms with Crippen LogP contribution in [-0.4, -0.2) is 7.05 Å². The molecule has 1 nitrogen and oxygen atoms in total. The third-order valence-corrected chi connectivity index (χ3v) is 4.45. The summed E-state index contributed by atoms with van der Waals surface area (Å²) in [7, 11) is 1.98. The van der Waals surface area contributed by atoms with Crippen molar-refractivity contribution in [3.05, 3.63) is 33.8 Å². The van der Waals surface area contributed by atoms with Crippen molar-refractivity contribution in [2.75, 3.05) is 7.05 Å². The molecule has 0 aliphatic carbocycles. The Morgan fingerprint density at radius 1 is 0.950 bits per heavy atom. The molecule has 0 heterocycles. The van der Waals surface area contributed by atoms with Crippen LogP contribution in [0, 0.1) is 0 Å². The van der Waals surface area contributed by atoms with Gasteiger partial charge >= 0.3 is 0 Å². The van der Waals surface area contributed by atoms with Gasteiger partial charge in [-0.1, -0.05) is 81.1 Å². The molecule has 1 N–H and O–H groups in total. The number of unbranched alkanes of at least 4 members (excludes halogenated alkanes) is 6. The minimum absolute atomic E-state index is 0.256. The first-order valence-corrected chi connectivity index (χ1v) is 8.57. The van der Waals surface area contributed by atoms with Crippen LogP contribution in [0.3, 0.4) is 0 Å². The molecule has 1 aromatic carbocycles. The Balaban J connectivity index is 2.36. The van der Waals surface area contributed by atoms with Crippen molar-refractivity contribution in [2.24, 2.45) is 0 Å². The van der Waals surface area contributed by atoms with Crippen molar-refractivity contribution in [1.82, 2.24) is 5.32 Å².